The zero-order chi connectivity index (χ0) is 67.2. The van der Waals surface area contributed by atoms with E-state index in [2.05, 4.69) is 50.6 Å². The van der Waals surface area contributed by atoms with Crippen molar-refractivity contribution in [1.82, 2.24) is 46.3 Å². The quantitative estimate of drug-likeness (QED) is 0.0288. The van der Waals surface area contributed by atoms with E-state index in [9.17, 15) is 53.1 Å². The Bertz CT molecular complexity index is 2700. The first-order valence-electron chi connectivity index (χ1n) is 32.5. The van der Waals surface area contributed by atoms with Gasteiger partial charge in [0.1, 0.15) is 35.5 Å². The van der Waals surface area contributed by atoms with E-state index in [4.69, 9.17) is 19.2 Å². The van der Waals surface area contributed by atoms with Crippen LogP contribution in [0.3, 0.4) is 0 Å². The summed E-state index contributed by atoms with van der Waals surface area (Å²) >= 11 is 2.55. The highest BCUT2D eigenvalue weighted by molar-refractivity contribution is 8.00. The Hall–Kier alpha value is -6.06. The number of carbonyl (C=O) groups excluding carboxylic acids is 9. The number of rotatable bonds is 43. The summed E-state index contributed by atoms with van der Waals surface area (Å²) in [6.07, 6.45) is 7.97. The van der Waals surface area contributed by atoms with Gasteiger partial charge in [-0.25, -0.2) is 4.98 Å². The Balaban J connectivity index is 1.42. The summed E-state index contributed by atoms with van der Waals surface area (Å²) in [4.78, 5) is 142. The minimum Gasteiger partial charge on any atom is -0.481 e. The maximum absolute atomic E-state index is 14.9. The van der Waals surface area contributed by atoms with E-state index in [1.165, 1.54) is 30.2 Å². The minimum absolute atomic E-state index is 0.00940. The van der Waals surface area contributed by atoms with Crippen molar-refractivity contribution in [1.29, 1.82) is 0 Å². The molecule has 510 valence electrons. The van der Waals surface area contributed by atoms with Gasteiger partial charge in [-0.3, -0.25) is 57.7 Å². The van der Waals surface area contributed by atoms with E-state index in [1.807, 2.05) is 58.7 Å². The number of piperidine rings is 1. The monoisotopic (exact) mass is 1310 g/mol. The second kappa shape index (κ2) is 40.8. The highest BCUT2D eigenvalue weighted by Crippen LogP contribution is 2.32. The number of likely N-dealkylation sites (tertiary alicyclic amines) is 2. The van der Waals surface area contributed by atoms with Crippen molar-refractivity contribution in [3.63, 3.8) is 0 Å². The number of hydrogen-bond acceptors (Lipinski definition) is 17. The predicted octanol–water partition coefficient (Wildman–Crippen LogP) is 6.19. The van der Waals surface area contributed by atoms with Gasteiger partial charge in [-0.1, -0.05) is 73.4 Å². The molecule has 0 spiro atoms. The number of thioether (sulfide) groups is 1. The highest BCUT2D eigenvalue weighted by atomic mass is 32.2. The van der Waals surface area contributed by atoms with E-state index in [-0.39, 0.29) is 136 Å². The van der Waals surface area contributed by atoms with Gasteiger partial charge in [0.05, 0.1) is 30.4 Å². The van der Waals surface area contributed by atoms with Crippen LogP contribution in [-0.4, -0.2) is 199 Å². The normalized spacial score (nSPS) is 17.5. The fraction of sp³-hybridized carbons (Fsp3) is 0.708. The van der Waals surface area contributed by atoms with Crippen molar-refractivity contribution in [2.75, 3.05) is 84.9 Å². The molecule has 4 rings (SSSR count). The van der Waals surface area contributed by atoms with E-state index in [0.29, 0.717) is 75.5 Å². The van der Waals surface area contributed by atoms with Gasteiger partial charge in [-0.05, 0) is 120 Å². The molecule has 5 unspecified atom stereocenters. The second-order valence-electron chi connectivity index (χ2n) is 24.4. The molecule has 3 heterocycles. The number of methoxy groups -OCH3 is 1. The number of aryl methyl sites for hydroxylation is 1. The van der Waals surface area contributed by atoms with E-state index >= 15 is 0 Å². The van der Waals surface area contributed by atoms with E-state index < -0.39 is 59.1 Å². The lowest BCUT2D eigenvalue weighted by Crippen LogP contribution is -2.58. The highest BCUT2D eigenvalue weighted by Gasteiger charge is 2.40. The maximum atomic E-state index is 14.9. The van der Waals surface area contributed by atoms with Crippen molar-refractivity contribution in [2.24, 2.45) is 17.8 Å². The number of ether oxygens (including phenoxy) is 3. The van der Waals surface area contributed by atoms with Crippen molar-refractivity contribution < 1.29 is 67.3 Å². The van der Waals surface area contributed by atoms with Crippen LogP contribution in [0, 0.1) is 24.7 Å². The molecule has 1 aromatic heterocycles. The average Bonchev–Trinajstić information content (AvgIpc) is 2.01. The number of aliphatic carboxylic acids is 1. The number of carboxylic acids is 1. The van der Waals surface area contributed by atoms with E-state index in [0.717, 1.165) is 41.8 Å². The standard InChI is InChI=1S/C65H104N10O14S2/c1-12-28-74(64(84)58(42(6)14-3)72-61(82)50-21-16-18-29-73(50)9)51(41(4)5)37-52(89-31-13-2)62-71-49(40-91-62)60(81)68-46(34-44(8)65(85)86)35-45-24-23-43(7)48(36-45)70-54(76)22-19-27-67-59(80)47(20-15-17-26-66-56(78)39-88-33-32-87-10)69-55(77)25-30-75-57(79)38-53(90-11)63(75)83/h23-24,36,40-42,44,46-47,50-53,58H,12-22,25-35,37-39H2,1-11H3,(H,66,78)(H,67,80)(H,68,81)(H,69,77)(H,70,76)(H,72,82)(H,85,86)/t42?,44?,46-,47?,50?,51-,52-,53?,58+/m1/s1. The largest absolute Gasteiger partial charge is 0.481 e. The lowest BCUT2D eigenvalue weighted by Gasteiger charge is -2.40. The molecule has 2 aliphatic rings. The fourth-order valence-electron chi connectivity index (χ4n) is 11.1. The number of likely N-dealkylation sites (N-methyl/N-ethyl adjacent to an activating group) is 1. The first-order valence-corrected chi connectivity index (χ1v) is 34.7. The second-order valence-corrected chi connectivity index (χ2v) is 26.3. The molecular formula is C65H104N10O14S2. The molecule has 0 bridgehead atoms. The number of amides is 9. The molecule has 2 saturated heterocycles. The van der Waals surface area contributed by atoms with Crippen LogP contribution in [-0.2, 0) is 63.8 Å². The Kier molecular flexibility index (Phi) is 34.7. The number of imide groups is 1. The first-order chi connectivity index (χ1) is 43.5. The fourth-order valence-corrected chi connectivity index (χ4v) is 12.6. The van der Waals surface area contributed by atoms with Gasteiger partial charge in [0.25, 0.3) is 5.91 Å². The number of nitrogens with zero attached hydrogens (tertiary/aromatic N) is 4. The van der Waals surface area contributed by atoms with E-state index in [1.54, 1.807) is 24.6 Å². The molecule has 9 amide bonds. The summed E-state index contributed by atoms with van der Waals surface area (Å²) in [5.41, 5.74) is 2.11. The Morgan fingerprint density at radius 1 is 0.879 bits per heavy atom. The van der Waals surface area contributed by atoms with Crippen molar-refractivity contribution >= 4 is 87.9 Å². The molecule has 2 fully saturated rings. The van der Waals surface area contributed by atoms with Crippen LogP contribution in [0.1, 0.15) is 178 Å². The lowest BCUT2D eigenvalue weighted by molar-refractivity contribution is -0.143. The Morgan fingerprint density at radius 3 is 2.29 bits per heavy atom. The third-order valence-electron chi connectivity index (χ3n) is 16.7. The Labute approximate surface area is 546 Å². The molecule has 7 N–H and O–H groups in total. The summed E-state index contributed by atoms with van der Waals surface area (Å²) in [7, 11) is 3.49. The summed E-state index contributed by atoms with van der Waals surface area (Å²) in [6.45, 7) is 18.1. The van der Waals surface area contributed by atoms with Gasteiger partial charge in [0, 0.05) is 88.7 Å². The van der Waals surface area contributed by atoms with Crippen LogP contribution in [0.5, 0.6) is 0 Å². The molecular weight excluding hydrogens is 1210 g/mol. The average molecular weight is 1310 g/mol. The van der Waals surface area contributed by atoms with Crippen molar-refractivity contribution in [3.05, 3.63) is 45.4 Å². The summed E-state index contributed by atoms with van der Waals surface area (Å²) in [5, 5.41) is 29.2. The van der Waals surface area contributed by atoms with Crippen LogP contribution in [0.25, 0.3) is 0 Å². The Morgan fingerprint density at radius 2 is 1.63 bits per heavy atom. The number of carbonyl (C=O) groups is 10. The molecule has 91 heavy (non-hydrogen) atoms. The zero-order valence-electron chi connectivity index (χ0n) is 55.6. The van der Waals surface area contributed by atoms with Crippen LogP contribution in [0.2, 0.25) is 0 Å². The van der Waals surface area contributed by atoms with Crippen LogP contribution in [0.4, 0.5) is 5.69 Å². The van der Waals surface area contributed by atoms with Crippen LogP contribution < -0.4 is 31.9 Å². The van der Waals surface area contributed by atoms with Gasteiger partial charge in [-0.2, -0.15) is 11.8 Å². The smallest absolute Gasteiger partial charge is 0.306 e. The summed E-state index contributed by atoms with van der Waals surface area (Å²) in [6, 6.07) is 2.50. The number of carboxylic acid groups (broad SMARTS) is 1. The number of benzene rings is 1. The van der Waals surface area contributed by atoms with Crippen LogP contribution >= 0.6 is 23.1 Å². The zero-order valence-corrected chi connectivity index (χ0v) is 57.3. The van der Waals surface area contributed by atoms with Crippen molar-refractivity contribution in [3.8, 4) is 0 Å². The lowest BCUT2D eigenvalue weighted by atomic mass is 9.92. The molecule has 2 aliphatic heterocycles. The third-order valence-corrected chi connectivity index (χ3v) is 18.6. The first kappa shape index (κ1) is 77.4. The third kappa shape index (κ3) is 25.8. The number of anilines is 1. The van der Waals surface area contributed by atoms with Gasteiger partial charge in [-0.15, -0.1) is 11.3 Å². The number of aromatic nitrogens is 1. The number of nitrogens with one attached hydrogen (secondary N) is 6. The minimum atomic E-state index is -1.03. The molecule has 26 heteroatoms. The van der Waals surface area contributed by atoms with Gasteiger partial charge in [0.2, 0.25) is 47.3 Å². The topological polar surface area (TPSA) is 313 Å². The van der Waals surface area contributed by atoms with Gasteiger partial charge < -0.3 is 56.1 Å². The molecule has 24 nitrogen and oxygen atoms in total. The SMILES string of the molecule is CCCO[C@H](C[C@H](C(C)C)N(CCC)C(=O)[C@@H](NC(=O)C1CCCCN1C)C(C)CC)c1nc(C(=O)N[C@@H](Cc2ccc(C)c(NC(=O)CCCNC(=O)C(CCCCNC(=O)COCCOC)NC(=O)CCN3C(=O)CC(SC)C3=O)c2)CC(C)C(=O)O)cs1. The molecule has 2 aromatic rings. The van der Waals surface area contributed by atoms with Gasteiger partial charge in [0.15, 0.2) is 0 Å². The summed E-state index contributed by atoms with van der Waals surface area (Å²) in [5.74, 6) is -5.10. The molecule has 0 saturated carbocycles. The molecule has 9 atom stereocenters. The summed E-state index contributed by atoms with van der Waals surface area (Å²) < 4.78 is 16.7. The number of unbranched alkanes of at least 4 members (excludes halogenated alkanes) is 1. The maximum Gasteiger partial charge on any atom is 0.306 e. The molecule has 1 aromatic carbocycles. The van der Waals surface area contributed by atoms with Gasteiger partial charge >= 0.3 is 5.97 Å². The number of hydrogen-bond donors (Lipinski definition) is 7. The predicted molar refractivity (Wildman–Crippen MR) is 351 cm³/mol. The van der Waals surface area contributed by atoms with Crippen molar-refractivity contribution in [2.45, 2.75) is 200 Å². The van der Waals surface area contributed by atoms with Crippen LogP contribution in [0.15, 0.2) is 23.6 Å². The molecule has 0 radical (unpaired) electrons. The number of thiazole rings is 1. The molecule has 0 aliphatic carbocycles.